The van der Waals surface area contributed by atoms with Gasteiger partial charge in [0, 0.05) is 12.2 Å². The van der Waals surface area contributed by atoms with E-state index in [1.54, 1.807) is 61.5 Å². The molecule has 0 aliphatic carbocycles. The number of hydrogen-bond acceptors (Lipinski definition) is 7. The molecule has 2 atom stereocenters. The molecule has 0 bridgehead atoms. The number of alkyl carbamates (subject to hydrolysis) is 1. The van der Waals surface area contributed by atoms with Crippen molar-refractivity contribution in [2.24, 2.45) is 0 Å². The molecule has 11 nitrogen and oxygen atoms in total. The average Bonchev–Trinajstić information content (AvgIpc) is 2.98. The first kappa shape index (κ1) is 39.2. The summed E-state index contributed by atoms with van der Waals surface area (Å²) in [5.74, 6) is -2.04. The molecular weight excluding hydrogens is 612 g/mol. The van der Waals surface area contributed by atoms with Crippen molar-refractivity contribution in [1.82, 2.24) is 21.3 Å². The zero-order valence-electron chi connectivity index (χ0n) is 29.2. The van der Waals surface area contributed by atoms with E-state index in [0.29, 0.717) is 12.8 Å². The summed E-state index contributed by atoms with van der Waals surface area (Å²) in [4.78, 5) is 64.1. The molecule has 2 rings (SSSR count). The smallest absolute Gasteiger partial charge is 0.408 e. The molecule has 0 aliphatic rings. The molecular formula is C37H50N4O7. The second-order valence-corrected chi connectivity index (χ2v) is 13.4. The third-order valence-electron chi connectivity index (χ3n) is 6.85. The number of nitrogens with one attached hydrogen (secondary N) is 4. The molecule has 4 N–H and O–H groups in total. The van der Waals surface area contributed by atoms with Crippen LogP contribution < -0.4 is 21.3 Å². The van der Waals surface area contributed by atoms with Crippen molar-refractivity contribution in [3.05, 3.63) is 96.1 Å². The third-order valence-corrected chi connectivity index (χ3v) is 6.85. The summed E-state index contributed by atoms with van der Waals surface area (Å²) in [5, 5.41) is 11.1. The molecule has 0 heterocycles. The second kappa shape index (κ2) is 17.8. The molecule has 0 unspecified atom stereocenters. The number of rotatable bonds is 15. The lowest BCUT2D eigenvalue weighted by Gasteiger charge is -2.29. The molecule has 11 heteroatoms. The summed E-state index contributed by atoms with van der Waals surface area (Å²) >= 11 is 0. The van der Waals surface area contributed by atoms with Gasteiger partial charge in [-0.2, -0.15) is 0 Å². The van der Waals surface area contributed by atoms with E-state index in [9.17, 15) is 24.0 Å². The van der Waals surface area contributed by atoms with Crippen LogP contribution in [0, 0.1) is 0 Å². The fourth-order valence-corrected chi connectivity index (χ4v) is 4.38. The van der Waals surface area contributed by atoms with Crippen molar-refractivity contribution in [1.29, 1.82) is 0 Å². The summed E-state index contributed by atoms with van der Waals surface area (Å²) in [6.07, 6.45) is 5.68. The van der Waals surface area contributed by atoms with Gasteiger partial charge in [-0.15, -0.1) is 0 Å². The molecule has 0 spiro atoms. The Morgan fingerprint density at radius 3 is 1.54 bits per heavy atom. The van der Waals surface area contributed by atoms with Crippen LogP contribution in [0.1, 0.15) is 66.5 Å². The van der Waals surface area contributed by atoms with Gasteiger partial charge in [-0.25, -0.2) is 9.59 Å². The number of ether oxygens (including phenoxy) is 2. The van der Waals surface area contributed by atoms with Gasteiger partial charge in [0.2, 0.25) is 17.7 Å². The van der Waals surface area contributed by atoms with Gasteiger partial charge in [0.05, 0.1) is 18.7 Å². The zero-order chi connectivity index (χ0) is 36.0. The van der Waals surface area contributed by atoms with Crippen LogP contribution in [0.3, 0.4) is 0 Å². The quantitative estimate of drug-likeness (QED) is 0.164. The minimum absolute atomic E-state index is 0.224. The van der Waals surface area contributed by atoms with Gasteiger partial charge in [-0.3, -0.25) is 14.4 Å². The van der Waals surface area contributed by atoms with Crippen molar-refractivity contribution in [3.63, 3.8) is 0 Å². The number of carbonyl (C=O) groups excluding carboxylic acids is 5. The summed E-state index contributed by atoms with van der Waals surface area (Å²) in [5.41, 5.74) is -1.56. The maximum absolute atomic E-state index is 13.4. The van der Waals surface area contributed by atoms with Crippen LogP contribution in [0.15, 0.2) is 85.0 Å². The van der Waals surface area contributed by atoms with E-state index in [4.69, 9.17) is 9.47 Å². The summed E-state index contributed by atoms with van der Waals surface area (Å²) in [7, 11) is 0. The van der Waals surface area contributed by atoms with E-state index in [-0.39, 0.29) is 6.61 Å². The highest BCUT2D eigenvalue weighted by Crippen LogP contribution is 2.12. The lowest BCUT2D eigenvalue weighted by Crippen LogP contribution is -2.57. The molecule has 0 saturated heterocycles. The van der Waals surface area contributed by atoms with Crippen molar-refractivity contribution < 1.29 is 33.4 Å². The molecule has 4 amide bonds. The Balaban J connectivity index is 2.17. The van der Waals surface area contributed by atoms with Gasteiger partial charge >= 0.3 is 12.1 Å². The fraction of sp³-hybridized carbons (Fsp3) is 0.432. The van der Waals surface area contributed by atoms with Gasteiger partial charge in [-0.05, 0) is 79.4 Å². The highest BCUT2D eigenvalue weighted by molar-refractivity contribution is 5.95. The predicted octanol–water partition coefficient (Wildman–Crippen LogP) is 4.32. The van der Waals surface area contributed by atoms with Crippen LogP contribution in [0.2, 0.25) is 0 Å². The fourth-order valence-electron chi connectivity index (χ4n) is 4.38. The van der Waals surface area contributed by atoms with Gasteiger partial charge in [0.25, 0.3) is 0 Å². The van der Waals surface area contributed by atoms with Gasteiger partial charge < -0.3 is 30.7 Å². The van der Waals surface area contributed by atoms with Gasteiger partial charge in [-0.1, -0.05) is 72.8 Å². The Labute approximate surface area is 283 Å². The first-order chi connectivity index (χ1) is 22.4. The monoisotopic (exact) mass is 662 g/mol. The number of benzene rings is 2. The minimum atomic E-state index is -1.34. The van der Waals surface area contributed by atoms with E-state index in [1.807, 2.05) is 60.7 Å². The SMILES string of the molecule is CCOC(=O)/C=C/[C@H](Cc1ccccc1)NC(=O)C(C)(C)NC(=O)/C=C/[C@H](Cc1ccccc1)NC(=O)C(C)(C)NC(=O)OC(C)(C)C. The molecule has 0 fully saturated rings. The van der Waals surface area contributed by atoms with Crippen LogP contribution in [0.4, 0.5) is 4.79 Å². The number of carbonyl (C=O) groups is 5. The first-order valence-electron chi connectivity index (χ1n) is 16.0. The highest BCUT2D eigenvalue weighted by Gasteiger charge is 2.33. The Kier molecular flexibility index (Phi) is 14.6. The summed E-state index contributed by atoms with van der Waals surface area (Å²) in [6.45, 7) is 13.3. The maximum Gasteiger partial charge on any atom is 0.408 e. The summed E-state index contributed by atoms with van der Waals surface area (Å²) in [6, 6.07) is 17.7. The zero-order valence-corrected chi connectivity index (χ0v) is 29.2. The number of esters is 1. The van der Waals surface area contributed by atoms with Crippen LogP contribution in [0.25, 0.3) is 0 Å². The molecule has 2 aromatic carbocycles. The predicted molar refractivity (Wildman–Crippen MR) is 185 cm³/mol. The summed E-state index contributed by atoms with van der Waals surface area (Å²) < 4.78 is 10.3. The van der Waals surface area contributed by atoms with E-state index in [1.165, 1.54) is 18.2 Å². The van der Waals surface area contributed by atoms with Crippen LogP contribution in [-0.2, 0) is 41.5 Å². The number of amides is 4. The second-order valence-electron chi connectivity index (χ2n) is 13.4. The number of hydrogen-bond donors (Lipinski definition) is 4. The molecule has 260 valence electrons. The van der Waals surface area contributed by atoms with Crippen LogP contribution in [0.5, 0.6) is 0 Å². The van der Waals surface area contributed by atoms with Crippen LogP contribution >= 0.6 is 0 Å². The lowest BCUT2D eigenvalue weighted by molar-refractivity contribution is -0.137. The Morgan fingerprint density at radius 1 is 0.667 bits per heavy atom. The molecule has 0 radical (unpaired) electrons. The van der Waals surface area contributed by atoms with Gasteiger partial charge in [0.15, 0.2) is 0 Å². The Morgan fingerprint density at radius 2 is 1.10 bits per heavy atom. The van der Waals surface area contributed by atoms with Crippen molar-refractivity contribution in [2.75, 3.05) is 6.61 Å². The largest absolute Gasteiger partial charge is 0.463 e. The van der Waals surface area contributed by atoms with E-state index in [2.05, 4.69) is 21.3 Å². The van der Waals surface area contributed by atoms with Crippen LogP contribution in [-0.4, -0.2) is 65.2 Å². The van der Waals surface area contributed by atoms with E-state index in [0.717, 1.165) is 11.1 Å². The average molecular weight is 663 g/mol. The molecule has 0 aliphatic heterocycles. The molecule has 2 aromatic rings. The standard InChI is InChI=1S/C37H50N4O7/c1-9-47-31(43)23-21-29(25-27-18-14-11-15-19-27)39-32(44)36(5,6)40-30(42)22-20-28(24-26-16-12-10-13-17-26)38-33(45)37(7,8)41-34(46)48-35(2,3)4/h10-23,28-29H,9,24-25H2,1-8H3,(H,38,45)(H,39,44)(H,40,42)(H,41,46)/b22-20+,23-21+/t28-,29-/m1/s1. The van der Waals surface area contributed by atoms with Crippen molar-refractivity contribution >= 4 is 29.8 Å². The first-order valence-corrected chi connectivity index (χ1v) is 16.0. The van der Waals surface area contributed by atoms with Crippen molar-refractivity contribution in [2.45, 2.75) is 97.0 Å². The maximum atomic E-state index is 13.4. The van der Waals surface area contributed by atoms with Gasteiger partial charge in [0.1, 0.15) is 16.7 Å². The normalized spacial score (nSPS) is 13.3. The van der Waals surface area contributed by atoms with Crippen molar-refractivity contribution in [3.8, 4) is 0 Å². The Bertz CT molecular complexity index is 1450. The topological polar surface area (TPSA) is 152 Å². The molecule has 0 aromatic heterocycles. The third kappa shape index (κ3) is 14.7. The van der Waals surface area contributed by atoms with E-state index < -0.39 is 58.5 Å². The van der Waals surface area contributed by atoms with E-state index >= 15 is 0 Å². The molecule has 48 heavy (non-hydrogen) atoms. The molecule has 0 saturated carbocycles. The highest BCUT2D eigenvalue weighted by atomic mass is 16.6. The minimum Gasteiger partial charge on any atom is -0.463 e. The lowest BCUT2D eigenvalue weighted by atomic mass is 10.00. The Hall–Kier alpha value is -4.93.